The van der Waals surface area contributed by atoms with E-state index in [1.54, 1.807) is 13.8 Å². The third-order valence-corrected chi connectivity index (χ3v) is 8.38. The number of carbonyl (C=O) groups is 2. The lowest BCUT2D eigenvalue weighted by molar-refractivity contribution is -0.138. The van der Waals surface area contributed by atoms with Crippen LogP contribution in [0.4, 0.5) is 36.4 Å². The maximum absolute atomic E-state index is 15.8. The lowest BCUT2D eigenvalue weighted by Gasteiger charge is -2.22. The number of oxime groups is 1. The standard InChI is InChI=1S/C29H20F7N3O6S/c1-27(2)13-24(38-45-27)46(42,43)14-21-19-11-20(30)22(12-23(19)44-37-21)39(25(40)15-5-3-7-17(9-15)28(31,32)33)26(41)16-6-4-8-18(10-16)29(34,35)36/h3-12H,13-14H2,1-2H3. The first-order valence-electron chi connectivity index (χ1n) is 13.1. The summed E-state index contributed by atoms with van der Waals surface area (Å²) < 4.78 is 127. The Labute approximate surface area is 255 Å². The number of rotatable bonds is 5. The summed E-state index contributed by atoms with van der Waals surface area (Å²) in [5.41, 5.74) is -6.53. The largest absolute Gasteiger partial charge is 0.416 e. The Bertz CT molecular complexity index is 1950. The van der Waals surface area contributed by atoms with Crippen LogP contribution < -0.4 is 4.90 Å². The van der Waals surface area contributed by atoms with E-state index in [4.69, 9.17) is 9.36 Å². The number of sulfone groups is 1. The van der Waals surface area contributed by atoms with Crippen LogP contribution in [0.25, 0.3) is 11.0 Å². The molecule has 2 amide bonds. The fourth-order valence-corrected chi connectivity index (χ4v) is 5.99. The van der Waals surface area contributed by atoms with Crippen LogP contribution in [0.5, 0.6) is 0 Å². The molecule has 0 unspecified atom stereocenters. The highest BCUT2D eigenvalue weighted by atomic mass is 32.2. The van der Waals surface area contributed by atoms with Crippen LogP contribution in [-0.4, -0.2) is 36.0 Å². The van der Waals surface area contributed by atoms with E-state index in [1.165, 1.54) is 0 Å². The van der Waals surface area contributed by atoms with Crippen LogP contribution in [0.2, 0.25) is 0 Å². The number of hydrogen-bond acceptors (Lipinski definition) is 8. The lowest BCUT2D eigenvalue weighted by Crippen LogP contribution is -2.38. The minimum atomic E-state index is -4.92. The van der Waals surface area contributed by atoms with Gasteiger partial charge in [-0.25, -0.2) is 17.7 Å². The quantitative estimate of drug-likeness (QED) is 0.167. The first-order valence-corrected chi connectivity index (χ1v) is 14.7. The molecular formula is C29H20F7N3O6S. The molecule has 1 aromatic heterocycles. The Morgan fingerprint density at radius 3 is 1.91 bits per heavy atom. The molecule has 46 heavy (non-hydrogen) atoms. The van der Waals surface area contributed by atoms with E-state index in [1.807, 2.05) is 0 Å². The minimum Gasteiger partial charge on any atom is -0.389 e. The minimum absolute atomic E-state index is 0.0609. The Kier molecular flexibility index (Phi) is 7.95. The summed E-state index contributed by atoms with van der Waals surface area (Å²) in [4.78, 5) is 32.3. The average Bonchev–Trinajstić information content (AvgIpc) is 3.54. The van der Waals surface area contributed by atoms with Crippen LogP contribution in [0.1, 0.15) is 57.8 Å². The van der Waals surface area contributed by atoms with E-state index in [-0.39, 0.29) is 33.0 Å². The molecule has 0 fully saturated rings. The van der Waals surface area contributed by atoms with E-state index in [0.29, 0.717) is 30.3 Å². The van der Waals surface area contributed by atoms with Gasteiger partial charge in [-0.2, -0.15) is 26.3 Å². The van der Waals surface area contributed by atoms with Crippen molar-refractivity contribution in [2.24, 2.45) is 5.16 Å². The molecule has 0 N–H and O–H groups in total. The monoisotopic (exact) mass is 671 g/mol. The molecule has 242 valence electrons. The molecule has 0 saturated heterocycles. The average molecular weight is 672 g/mol. The number of carbonyl (C=O) groups excluding carboxylic acids is 2. The van der Waals surface area contributed by atoms with Crippen LogP contribution in [0.3, 0.4) is 0 Å². The summed E-state index contributed by atoms with van der Waals surface area (Å²) in [5.74, 6) is -5.22. The van der Waals surface area contributed by atoms with Crippen molar-refractivity contribution in [3.05, 3.63) is 94.4 Å². The number of fused-ring (bicyclic) bond motifs is 1. The van der Waals surface area contributed by atoms with Gasteiger partial charge in [0.05, 0.1) is 16.8 Å². The molecule has 3 aromatic carbocycles. The Balaban J connectivity index is 1.60. The zero-order chi connectivity index (χ0) is 33.8. The van der Waals surface area contributed by atoms with E-state index < -0.39 is 79.1 Å². The highest BCUT2D eigenvalue weighted by molar-refractivity contribution is 8.05. The highest BCUT2D eigenvalue weighted by Gasteiger charge is 2.38. The molecule has 0 spiro atoms. The number of amides is 2. The predicted molar refractivity (Wildman–Crippen MR) is 148 cm³/mol. The second-order valence-electron chi connectivity index (χ2n) is 10.8. The van der Waals surface area contributed by atoms with Gasteiger partial charge in [0.25, 0.3) is 11.8 Å². The zero-order valence-electron chi connectivity index (χ0n) is 23.5. The van der Waals surface area contributed by atoms with Crippen molar-refractivity contribution in [3.63, 3.8) is 0 Å². The van der Waals surface area contributed by atoms with Gasteiger partial charge < -0.3 is 9.36 Å². The molecule has 0 aliphatic carbocycles. The number of imide groups is 1. The molecule has 5 rings (SSSR count). The summed E-state index contributed by atoms with van der Waals surface area (Å²) in [6, 6.07) is 6.98. The summed E-state index contributed by atoms with van der Waals surface area (Å²) >= 11 is 0. The first kappa shape index (κ1) is 32.6. The van der Waals surface area contributed by atoms with Gasteiger partial charge in [-0.15, -0.1) is 0 Å². The van der Waals surface area contributed by atoms with Crippen molar-refractivity contribution < 1.29 is 58.1 Å². The van der Waals surface area contributed by atoms with Gasteiger partial charge in [-0.3, -0.25) is 9.59 Å². The van der Waals surface area contributed by atoms with Gasteiger partial charge in [-0.05, 0) is 56.3 Å². The molecular weight excluding hydrogens is 651 g/mol. The molecule has 0 saturated carbocycles. The summed E-state index contributed by atoms with van der Waals surface area (Å²) in [6.45, 7) is 3.21. The maximum atomic E-state index is 15.8. The van der Waals surface area contributed by atoms with Crippen LogP contribution in [0.15, 0.2) is 70.3 Å². The van der Waals surface area contributed by atoms with Gasteiger partial charge in [0.15, 0.2) is 10.6 Å². The summed E-state index contributed by atoms with van der Waals surface area (Å²) in [5, 5.41) is 6.74. The Hall–Kier alpha value is -4.80. The van der Waals surface area contributed by atoms with Gasteiger partial charge >= 0.3 is 12.4 Å². The number of benzene rings is 3. The second kappa shape index (κ2) is 11.2. The number of anilines is 1. The van der Waals surface area contributed by atoms with Gasteiger partial charge in [0.1, 0.15) is 22.9 Å². The van der Waals surface area contributed by atoms with Crippen molar-refractivity contribution >= 4 is 43.4 Å². The zero-order valence-corrected chi connectivity index (χ0v) is 24.3. The van der Waals surface area contributed by atoms with Crippen LogP contribution in [0, 0.1) is 5.82 Å². The molecule has 1 aliphatic heterocycles. The molecule has 4 aromatic rings. The normalized spacial score (nSPS) is 15.0. The molecule has 17 heteroatoms. The Morgan fingerprint density at radius 1 is 0.891 bits per heavy atom. The SMILES string of the molecule is CC1(C)CC(S(=O)(=O)Cc2noc3cc(N(C(=O)c4cccc(C(F)(F)F)c4)C(=O)c4cccc(C(F)(F)F)c4)c(F)cc23)=NO1. The van der Waals surface area contributed by atoms with Gasteiger partial charge in [0, 0.05) is 29.0 Å². The summed E-state index contributed by atoms with van der Waals surface area (Å²) in [7, 11) is -4.14. The van der Waals surface area contributed by atoms with Crippen LogP contribution >= 0.6 is 0 Å². The third-order valence-electron chi connectivity index (χ3n) is 6.79. The smallest absolute Gasteiger partial charge is 0.389 e. The summed E-state index contributed by atoms with van der Waals surface area (Å²) in [6.07, 6.45) is -9.90. The van der Waals surface area contributed by atoms with E-state index in [2.05, 4.69) is 10.3 Å². The van der Waals surface area contributed by atoms with Crippen molar-refractivity contribution in [2.45, 2.75) is 44.0 Å². The molecule has 9 nitrogen and oxygen atoms in total. The van der Waals surface area contributed by atoms with E-state index in [9.17, 15) is 44.3 Å². The Morgan fingerprint density at radius 2 is 1.43 bits per heavy atom. The fraction of sp³-hybridized carbons (Fsp3) is 0.241. The maximum Gasteiger partial charge on any atom is 0.416 e. The third kappa shape index (κ3) is 6.45. The van der Waals surface area contributed by atoms with Crippen LogP contribution in [-0.2, 0) is 32.8 Å². The lowest BCUT2D eigenvalue weighted by atomic mass is 10.1. The van der Waals surface area contributed by atoms with Gasteiger partial charge in [-0.1, -0.05) is 22.4 Å². The van der Waals surface area contributed by atoms with E-state index in [0.717, 1.165) is 30.3 Å². The fourth-order valence-electron chi connectivity index (χ4n) is 4.53. The molecule has 2 heterocycles. The topological polar surface area (TPSA) is 119 Å². The molecule has 1 aliphatic rings. The van der Waals surface area contributed by atoms with E-state index >= 15 is 4.39 Å². The first-order chi connectivity index (χ1) is 21.3. The number of halogens is 7. The van der Waals surface area contributed by atoms with Crippen molar-refractivity contribution in [3.8, 4) is 0 Å². The number of aromatic nitrogens is 1. The molecule has 0 atom stereocenters. The predicted octanol–water partition coefficient (Wildman–Crippen LogP) is 6.92. The van der Waals surface area contributed by atoms with Crippen molar-refractivity contribution in [1.82, 2.24) is 5.16 Å². The molecule has 0 bridgehead atoms. The second-order valence-corrected chi connectivity index (χ2v) is 12.8. The van der Waals surface area contributed by atoms with Crippen molar-refractivity contribution in [2.75, 3.05) is 4.90 Å². The number of hydrogen-bond donors (Lipinski definition) is 0. The van der Waals surface area contributed by atoms with Crippen molar-refractivity contribution in [1.29, 1.82) is 0 Å². The molecule has 0 radical (unpaired) electrons. The number of alkyl halides is 6. The number of nitrogens with zero attached hydrogens (tertiary/aromatic N) is 3. The van der Waals surface area contributed by atoms with Gasteiger partial charge in [0.2, 0.25) is 9.84 Å². The highest BCUT2D eigenvalue weighted by Crippen LogP contribution is 2.35.